The highest BCUT2D eigenvalue weighted by Gasteiger charge is 2.31. The number of hydrogen-bond donors (Lipinski definition) is 1. The number of hydrogen-bond acceptors (Lipinski definition) is 4. The third kappa shape index (κ3) is 4.60. The molecule has 1 heterocycles. The summed E-state index contributed by atoms with van der Waals surface area (Å²) in [5.74, 6) is 6.88. The Kier molecular flexibility index (Phi) is 6.06. The van der Waals surface area contributed by atoms with Crippen LogP contribution in [0, 0.1) is 17.8 Å². The monoisotopic (exact) mass is 292 g/mol. The van der Waals surface area contributed by atoms with Crippen molar-refractivity contribution in [1.29, 1.82) is 0 Å². The Morgan fingerprint density at radius 2 is 2.35 bits per heavy atom. The molecule has 0 spiro atoms. The molecule has 20 heavy (non-hydrogen) atoms. The molecule has 0 aliphatic heterocycles. The Morgan fingerprint density at radius 1 is 1.55 bits per heavy atom. The lowest BCUT2D eigenvalue weighted by Gasteiger charge is -2.28. The number of rotatable bonds is 7. The van der Waals surface area contributed by atoms with Crippen molar-refractivity contribution in [2.24, 2.45) is 11.7 Å². The van der Waals surface area contributed by atoms with E-state index >= 15 is 0 Å². The van der Waals surface area contributed by atoms with E-state index in [9.17, 15) is 0 Å². The average Bonchev–Trinajstić information content (AvgIpc) is 3.21. The van der Waals surface area contributed by atoms with Gasteiger partial charge in [-0.3, -0.25) is 4.90 Å². The van der Waals surface area contributed by atoms with Crippen LogP contribution in [-0.2, 0) is 11.3 Å². The van der Waals surface area contributed by atoms with Gasteiger partial charge < -0.3 is 10.5 Å². The van der Waals surface area contributed by atoms with E-state index in [0.29, 0.717) is 12.6 Å². The van der Waals surface area contributed by atoms with Gasteiger partial charge in [-0.1, -0.05) is 11.8 Å². The molecule has 0 bridgehead atoms. The highest BCUT2D eigenvalue weighted by atomic mass is 32.1. The highest BCUT2D eigenvalue weighted by Crippen LogP contribution is 2.35. The van der Waals surface area contributed by atoms with E-state index in [1.807, 2.05) is 0 Å². The van der Waals surface area contributed by atoms with Crippen LogP contribution in [0.3, 0.4) is 0 Å². The smallest absolute Gasteiger partial charge is 0.0589 e. The van der Waals surface area contributed by atoms with Crippen LogP contribution in [0.4, 0.5) is 0 Å². The van der Waals surface area contributed by atoms with Gasteiger partial charge in [0, 0.05) is 42.1 Å². The van der Waals surface area contributed by atoms with Crippen LogP contribution in [0.15, 0.2) is 11.4 Å². The number of nitrogens with zero attached hydrogens (tertiary/aromatic N) is 1. The zero-order valence-corrected chi connectivity index (χ0v) is 13.2. The molecule has 4 heteroatoms. The van der Waals surface area contributed by atoms with Crippen molar-refractivity contribution < 1.29 is 4.74 Å². The molecule has 3 nitrogen and oxygen atoms in total. The van der Waals surface area contributed by atoms with Crippen molar-refractivity contribution in [3.63, 3.8) is 0 Å². The lowest BCUT2D eigenvalue weighted by molar-refractivity contribution is 0.112. The molecule has 1 aliphatic carbocycles. The minimum atomic E-state index is 0.420. The fourth-order valence-electron chi connectivity index (χ4n) is 2.39. The second-order valence-electron chi connectivity index (χ2n) is 5.35. The van der Waals surface area contributed by atoms with Crippen LogP contribution in [0.1, 0.15) is 30.2 Å². The molecule has 1 aromatic heterocycles. The molecule has 1 aromatic rings. The van der Waals surface area contributed by atoms with Crippen LogP contribution < -0.4 is 5.73 Å². The summed E-state index contributed by atoms with van der Waals surface area (Å²) in [6.07, 6.45) is 2.75. The number of ether oxygens (including phenoxy) is 1. The van der Waals surface area contributed by atoms with Crippen LogP contribution in [-0.4, -0.2) is 37.7 Å². The first-order valence-corrected chi connectivity index (χ1v) is 8.12. The lowest BCUT2D eigenvalue weighted by atomic mass is 10.1. The molecule has 0 saturated heterocycles. The number of methoxy groups -OCH3 is 1. The summed E-state index contributed by atoms with van der Waals surface area (Å²) in [6, 6.07) is 2.83. The van der Waals surface area contributed by atoms with Gasteiger partial charge in [-0.05, 0) is 31.7 Å². The summed E-state index contributed by atoms with van der Waals surface area (Å²) >= 11 is 1.79. The van der Waals surface area contributed by atoms with Crippen LogP contribution in [0.25, 0.3) is 0 Å². The predicted molar refractivity (Wildman–Crippen MR) is 84.7 cm³/mol. The van der Waals surface area contributed by atoms with Gasteiger partial charge >= 0.3 is 0 Å². The minimum Gasteiger partial charge on any atom is -0.383 e. The van der Waals surface area contributed by atoms with E-state index in [1.165, 1.54) is 17.7 Å². The number of thiophene rings is 1. The van der Waals surface area contributed by atoms with E-state index < -0.39 is 0 Å². The van der Waals surface area contributed by atoms with Crippen molar-refractivity contribution in [3.05, 3.63) is 21.9 Å². The molecular formula is C16H24N2OS. The van der Waals surface area contributed by atoms with Crippen molar-refractivity contribution in [2.45, 2.75) is 32.4 Å². The van der Waals surface area contributed by atoms with E-state index in [4.69, 9.17) is 10.5 Å². The van der Waals surface area contributed by atoms with Crippen molar-refractivity contribution in [2.75, 3.05) is 26.8 Å². The summed E-state index contributed by atoms with van der Waals surface area (Å²) in [5.41, 5.74) is 6.49. The second kappa shape index (κ2) is 7.80. The molecule has 110 valence electrons. The Labute approximate surface area is 126 Å². The first-order valence-electron chi connectivity index (χ1n) is 7.24. The zero-order valence-electron chi connectivity index (χ0n) is 12.4. The van der Waals surface area contributed by atoms with Gasteiger partial charge in [0.15, 0.2) is 0 Å². The minimum absolute atomic E-state index is 0.420. The van der Waals surface area contributed by atoms with E-state index in [2.05, 4.69) is 35.1 Å². The maximum absolute atomic E-state index is 5.41. The highest BCUT2D eigenvalue weighted by molar-refractivity contribution is 7.10. The first-order chi connectivity index (χ1) is 9.74. The van der Waals surface area contributed by atoms with Crippen molar-refractivity contribution in [1.82, 2.24) is 4.90 Å². The summed E-state index contributed by atoms with van der Waals surface area (Å²) in [5, 5.41) is 2.12. The van der Waals surface area contributed by atoms with E-state index in [1.54, 1.807) is 18.4 Å². The summed E-state index contributed by atoms with van der Waals surface area (Å²) < 4.78 is 5.24. The fourth-order valence-corrected chi connectivity index (χ4v) is 3.24. The summed E-state index contributed by atoms with van der Waals surface area (Å²) in [6.45, 7) is 5.55. The molecule has 1 atom stereocenters. The van der Waals surface area contributed by atoms with Gasteiger partial charge in [0.2, 0.25) is 0 Å². The third-order valence-electron chi connectivity index (χ3n) is 3.81. The topological polar surface area (TPSA) is 38.5 Å². The van der Waals surface area contributed by atoms with Crippen LogP contribution in [0.2, 0.25) is 0 Å². The SMILES string of the molecule is COCCN(Cc1cc(C#CCN)cs1)C(C)C1CC1. The molecule has 0 aromatic carbocycles. The zero-order chi connectivity index (χ0) is 14.4. The summed E-state index contributed by atoms with van der Waals surface area (Å²) in [4.78, 5) is 3.91. The number of nitrogens with two attached hydrogens (primary N) is 1. The first kappa shape index (κ1) is 15.5. The van der Waals surface area contributed by atoms with Gasteiger partial charge in [-0.2, -0.15) is 0 Å². The summed E-state index contributed by atoms with van der Waals surface area (Å²) in [7, 11) is 1.77. The Balaban J connectivity index is 1.96. The Hall–Kier alpha value is -0.860. The van der Waals surface area contributed by atoms with Crippen molar-refractivity contribution >= 4 is 11.3 Å². The molecule has 1 fully saturated rings. The molecule has 1 aliphatic rings. The molecule has 2 rings (SSSR count). The molecule has 2 N–H and O–H groups in total. The predicted octanol–water partition coefficient (Wildman–Crippen LogP) is 2.31. The second-order valence-corrected chi connectivity index (χ2v) is 6.34. The Bertz CT molecular complexity index is 470. The third-order valence-corrected chi connectivity index (χ3v) is 4.73. The fraction of sp³-hybridized carbons (Fsp3) is 0.625. The van der Waals surface area contributed by atoms with Crippen LogP contribution >= 0.6 is 11.3 Å². The lowest BCUT2D eigenvalue weighted by Crippen LogP contribution is -2.36. The van der Waals surface area contributed by atoms with Gasteiger partial charge in [0.1, 0.15) is 0 Å². The van der Waals surface area contributed by atoms with Gasteiger partial charge in [0.05, 0.1) is 13.2 Å². The largest absolute Gasteiger partial charge is 0.383 e. The van der Waals surface area contributed by atoms with Gasteiger partial charge in [-0.25, -0.2) is 0 Å². The standard InChI is InChI=1S/C16H24N2OS/c1-13(15-5-6-15)18(8-9-19-2)11-16-10-14(12-20-16)4-3-7-17/h10,12-13,15H,5-9,11,17H2,1-2H3. The molecule has 1 unspecified atom stereocenters. The molecule has 1 saturated carbocycles. The maximum Gasteiger partial charge on any atom is 0.0589 e. The van der Waals surface area contributed by atoms with Crippen molar-refractivity contribution in [3.8, 4) is 11.8 Å². The molecule has 0 radical (unpaired) electrons. The Morgan fingerprint density at radius 3 is 3.00 bits per heavy atom. The normalized spacial score (nSPS) is 16.0. The molecular weight excluding hydrogens is 268 g/mol. The van der Waals surface area contributed by atoms with E-state index in [-0.39, 0.29) is 0 Å². The maximum atomic E-state index is 5.41. The van der Waals surface area contributed by atoms with E-state index in [0.717, 1.165) is 31.2 Å². The van der Waals surface area contributed by atoms with Gasteiger partial charge in [-0.15, -0.1) is 11.3 Å². The average molecular weight is 292 g/mol. The van der Waals surface area contributed by atoms with Gasteiger partial charge in [0.25, 0.3) is 0 Å². The quantitative estimate of drug-likeness (QED) is 0.784. The molecule has 0 amide bonds. The van der Waals surface area contributed by atoms with Crippen LogP contribution in [0.5, 0.6) is 0 Å².